The number of carbonyl (C=O) groups is 1. The molecule has 0 unspecified atom stereocenters. The van der Waals surface area contributed by atoms with Crippen LogP contribution in [0.5, 0.6) is 5.88 Å². The maximum Gasteiger partial charge on any atom is 0.421 e. The zero-order valence-corrected chi connectivity index (χ0v) is 18.3. The molecule has 1 fully saturated rings. The summed E-state index contributed by atoms with van der Waals surface area (Å²) in [5.74, 6) is -0.740. The Kier molecular flexibility index (Phi) is 6.31. The van der Waals surface area contributed by atoms with E-state index < -0.39 is 23.0 Å². The molecule has 0 spiro atoms. The number of nitrogens with one attached hydrogen (secondary N) is 1. The quantitative estimate of drug-likeness (QED) is 0.750. The second kappa shape index (κ2) is 8.49. The fraction of sp³-hybridized carbons (Fsp3) is 0.571. The predicted molar refractivity (Wildman–Crippen MR) is 109 cm³/mol. The second-order valence-electron chi connectivity index (χ2n) is 8.74. The summed E-state index contributed by atoms with van der Waals surface area (Å²) in [6.07, 6.45) is -1.53. The lowest BCUT2D eigenvalue weighted by Crippen LogP contribution is -2.48. The van der Waals surface area contributed by atoms with Crippen molar-refractivity contribution in [3.05, 3.63) is 41.3 Å². The van der Waals surface area contributed by atoms with Gasteiger partial charge < -0.3 is 15.0 Å². The van der Waals surface area contributed by atoms with Crippen molar-refractivity contribution in [3.8, 4) is 5.88 Å². The number of aromatic nitrogens is 3. The molecule has 0 aromatic carbocycles. The number of likely N-dealkylation sites (tertiary alicyclic amines) is 1. The monoisotopic (exact) mass is 439 g/mol. The van der Waals surface area contributed by atoms with E-state index in [4.69, 9.17) is 4.74 Å². The zero-order chi connectivity index (χ0) is 23.0. The maximum absolute atomic E-state index is 13.2. The average Bonchev–Trinajstić information content (AvgIpc) is 3.21. The van der Waals surface area contributed by atoms with Gasteiger partial charge in [-0.25, -0.2) is 4.98 Å². The molecule has 10 heteroatoms. The van der Waals surface area contributed by atoms with E-state index in [0.717, 1.165) is 23.9 Å². The first-order chi connectivity index (χ1) is 14.4. The first-order valence-electron chi connectivity index (χ1n) is 10.0. The summed E-state index contributed by atoms with van der Waals surface area (Å²) in [5, 5.41) is 7.38. The summed E-state index contributed by atoms with van der Waals surface area (Å²) in [6.45, 7) is 6.47. The van der Waals surface area contributed by atoms with Crippen LogP contribution in [0.15, 0.2) is 24.5 Å². The molecule has 3 heterocycles. The van der Waals surface area contributed by atoms with Crippen molar-refractivity contribution < 1.29 is 22.7 Å². The van der Waals surface area contributed by atoms with Crippen molar-refractivity contribution >= 4 is 5.91 Å². The first kappa shape index (κ1) is 23.1. The molecule has 1 aliphatic rings. The fourth-order valence-electron chi connectivity index (χ4n) is 3.74. The van der Waals surface area contributed by atoms with Crippen LogP contribution in [0, 0.1) is 12.3 Å². The molecular weight excluding hydrogens is 411 g/mol. The fourth-order valence-corrected chi connectivity index (χ4v) is 3.74. The van der Waals surface area contributed by atoms with Crippen LogP contribution in [0.3, 0.4) is 0 Å². The van der Waals surface area contributed by atoms with Crippen LogP contribution in [0.4, 0.5) is 13.2 Å². The Bertz CT molecular complexity index is 941. The number of amides is 1. The zero-order valence-electron chi connectivity index (χ0n) is 18.3. The Morgan fingerprint density at radius 3 is 2.61 bits per heavy atom. The number of alkyl halides is 3. The number of likely N-dealkylation sites (N-methyl/N-ethyl adjacent to an activating group) is 1. The predicted octanol–water partition coefficient (Wildman–Crippen LogP) is 2.76. The molecule has 7 nitrogen and oxygen atoms in total. The van der Waals surface area contributed by atoms with Crippen LogP contribution in [0.25, 0.3) is 0 Å². The molecule has 31 heavy (non-hydrogen) atoms. The van der Waals surface area contributed by atoms with Crippen molar-refractivity contribution in [2.24, 2.45) is 12.5 Å². The van der Waals surface area contributed by atoms with E-state index in [1.165, 1.54) is 12.3 Å². The van der Waals surface area contributed by atoms with E-state index in [2.05, 4.69) is 20.3 Å². The van der Waals surface area contributed by atoms with Crippen LogP contribution in [0.2, 0.25) is 0 Å². The van der Waals surface area contributed by atoms with Gasteiger partial charge in [0.1, 0.15) is 12.2 Å². The first-order valence-corrected chi connectivity index (χ1v) is 10.0. The molecule has 2 aromatic heterocycles. The third-order valence-corrected chi connectivity index (χ3v) is 5.75. The van der Waals surface area contributed by atoms with Crippen molar-refractivity contribution in [2.75, 3.05) is 26.7 Å². The largest absolute Gasteiger partial charge is 0.476 e. The third kappa shape index (κ3) is 5.00. The third-order valence-electron chi connectivity index (χ3n) is 5.75. The van der Waals surface area contributed by atoms with Crippen molar-refractivity contribution in [1.29, 1.82) is 0 Å². The number of hydrogen-bond acceptors (Lipinski definition) is 5. The second-order valence-corrected chi connectivity index (χ2v) is 8.74. The minimum absolute atomic E-state index is 0.0759. The van der Waals surface area contributed by atoms with E-state index >= 15 is 0 Å². The molecule has 0 radical (unpaired) electrons. The Hall–Kier alpha value is -2.62. The van der Waals surface area contributed by atoms with Crippen LogP contribution in [0.1, 0.15) is 36.6 Å². The molecule has 0 bridgehead atoms. The van der Waals surface area contributed by atoms with E-state index in [9.17, 15) is 18.0 Å². The Balaban J connectivity index is 1.70. The Morgan fingerprint density at radius 1 is 1.29 bits per heavy atom. The average molecular weight is 439 g/mol. The highest BCUT2D eigenvalue weighted by Crippen LogP contribution is 2.35. The molecule has 1 amide bonds. The number of nitrogens with zero attached hydrogens (tertiary/aromatic N) is 4. The molecule has 1 aliphatic heterocycles. The van der Waals surface area contributed by atoms with Gasteiger partial charge in [-0.05, 0) is 45.5 Å². The number of hydrogen-bond donors (Lipinski definition) is 1. The number of aryl methyl sites for hydroxylation is 1. The van der Waals surface area contributed by atoms with Gasteiger partial charge in [0, 0.05) is 44.0 Å². The number of halogens is 3. The lowest BCUT2D eigenvalue weighted by Gasteiger charge is -2.28. The molecule has 3 rings (SSSR count). The Labute approximate surface area is 179 Å². The molecule has 2 atom stereocenters. The molecule has 0 aliphatic carbocycles. The number of rotatable bonds is 6. The van der Waals surface area contributed by atoms with Crippen LogP contribution < -0.4 is 10.1 Å². The van der Waals surface area contributed by atoms with Gasteiger partial charge in [-0.15, -0.1) is 0 Å². The van der Waals surface area contributed by atoms with Gasteiger partial charge in [-0.1, -0.05) is 0 Å². The van der Waals surface area contributed by atoms with Crippen LogP contribution in [-0.2, 0) is 18.0 Å². The van der Waals surface area contributed by atoms with Gasteiger partial charge in [0.2, 0.25) is 11.8 Å². The lowest BCUT2D eigenvalue weighted by atomic mass is 9.90. The molecule has 1 saturated heterocycles. The normalized spacial score (nSPS) is 20.1. The summed E-state index contributed by atoms with van der Waals surface area (Å²) in [6, 6.07) is 1.97. The van der Waals surface area contributed by atoms with E-state index in [0.29, 0.717) is 6.54 Å². The summed E-state index contributed by atoms with van der Waals surface area (Å²) in [4.78, 5) is 18.9. The summed E-state index contributed by atoms with van der Waals surface area (Å²) in [5.41, 5.74) is 0.0954. The number of carbonyl (C=O) groups excluding carboxylic acids is 1. The van der Waals surface area contributed by atoms with Crippen LogP contribution >= 0.6 is 0 Å². The summed E-state index contributed by atoms with van der Waals surface area (Å²) in [7, 11) is 3.86. The van der Waals surface area contributed by atoms with Gasteiger partial charge >= 0.3 is 6.18 Å². The van der Waals surface area contributed by atoms with E-state index in [-0.39, 0.29) is 24.5 Å². The topological polar surface area (TPSA) is 72.3 Å². The number of ether oxygens (including phenoxy) is 1. The van der Waals surface area contributed by atoms with E-state index in [1.54, 1.807) is 18.5 Å². The highest BCUT2D eigenvalue weighted by Gasteiger charge is 2.39. The van der Waals surface area contributed by atoms with Gasteiger partial charge in [-0.3, -0.25) is 9.48 Å². The molecule has 0 saturated carbocycles. The summed E-state index contributed by atoms with van der Waals surface area (Å²) < 4.78 is 46.6. The van der Waals surface area contributed by atoms with Gasteiger partial charge in [0.25, 0.3) is 0 Å². The van der Waals surface area contributed by atoms with Crippen molar-refractivity contribution in [3.63, 3.8) is 0 Å². The molecule has 2 aromatic rings. The minimum Gasteiger partial charge on any atom is -0.476 e. The maximum atomic E-state index is 13.2. The van der Waals surface area contributed by atoms with Gasteiger partial charge in [-0.2, -0.15) is 18.3 Å². The van der Waals surface area contributed by atoms with Gasteiger partial charge in [0.05, 0.1) is 11.6 Å². The summed E-state index contributed by atoms with van der Waals surface area (Å²) >= 11 is 0. The number of pyridine rings is 1. The minimum atomic E-state index is -4.58. The van der Waals surface area contributed by atoms with Gasteiger partial charge in [0.15, 0.2) is 0 Å². The highest BCUT2D eigenvalue weighted by atomic mass is 19.4. The standard InChI is InChI=1S/C21H28F3N5O2/c1-13-14(9-26-29(13)5)15-10-28(4)11-17(15)27-19(30)20(2,3)12-31-18-16(21(22,23)24)7-6-8-25-18/h6-9,15,17H,10-12H2,1-5H3,(H,27,30)/t15-,17+/m0/s1. The molecule has 170 valence electrons. The SMILES string of the molecule is Cc1c([C@@H]2CN(C)C[C@H]2NC(=O)C(C)(C)COc2ncccc2C(F)(F)F)cnn1C. The highest BCUT2D eigenvalue weighted by molar-refractivity contribution is 5.82. The van der Waals surface area contributed by atoms with E-state index in [1.807, 2.05) is 27.2 Å². The molecule has 1 N–H and O–H groups in total. The van der Waals surface area contributed by atoms with Crippen molar-refractivity contribution in [1.82, 2.24) is 25.0 Å². The van der Waals surface area contributed by atoms with Crippen LogP contribution in [-0.4, -0.2) is 58.4 Å². The van der Waals surface area contributed by atoms with Crippen molar-refractivity contribution in [2.45, 2.75) is 38.9 Å². The Morgan fingerprint density at radius 2 is 2.00 bits per heavy atom. The smallest absolute Gasteiger partial charge is 0.421 e. The molecular formula is C21H28F3N5O2. The lowest BCUT2D eigenvalue weighted by molar-refractivity contribution is -0.139.